The quantitative estimate of drug-likeness (QED) is 0.167. The molecule has 6 fully saturated rings. The van der Waals surface area contributed by atoms with Gasteiger partial charge >= 0.3 is 5.97 Å². The highest BCUT2D eigenvalue weighted by Gasteiger charge is 2.70. The normalized spacial score (nSPS) is 56.7. The standard InChI is InChI=1S/C41H66O14/c1-20-27(44)29(46)30(47)34(53-20)55-32-28(45)23(18-42)54-33(31(32)48)52-19-38(4)24-9-12-40(6)25(37(24,3)11-10-26(38)43)8-7-21-22-17-36(2,51)13-15-41(22,35(49)50)16-14-39(21,40)5/h7,20,22-34,42-48,51H,8-19H2,1-6H3,(H,49,50)/t20-,22-,23+,24+,25+,26-,27-,28+,29+,30+,31+,32-,33+,34-,36+,37-,38+,39+,40+,41-/m0/s1. The zero-order valence-electron chi connectivity index (χ0n) is 33.2. The monoisotopic (exact) mass is 782 g/mol. The van der Waals surface area contributed by atoms with E-state index in [4.69, 9.17) is 18.9 Å². The first-order valence-electron chi connectivity index (χ1n) is 20.5. The molecule has 5 aliphatic carbocycles. The van der Waals surface area contributed by atoms with E-state index in [2.05, 4.69) is 26.8 Å². The number of aliphatic hydroxyl groups excluding tert-OH is 7. The van der Waals surface area contributed by atoms with Gasteiger partial charge in [-0.3, -0.25) is 4.79 Å². The molecule has 55 heavy (non-hydrogen) atoms. The van der Waals surface area contributed by atoms with Gasteiger partial charge in [0.05, 0.1) is 36.4 Å². The molecule has 9 N–H and O–H groups in total. The van der Waals surface area contributed by atoms with Crippen LogP contribution in [0, 0.1) is 44.8 Å². The van der Waals surface area contributed by atoms with Gasteiger partial charge in [0.1, 0.15) is 42.7 Å². The maximum Gasteiger partial charge on any atom is 0.310 e. The van der Waals surface area contributed by atoms with Crippen LogP contribution in [0.3, 0.4) is 0 Å². The van der Waals surface area contributed by atoms with Crippen molar-refractivity contribution >= 4 is 5.97 Å². The lowest BCUT2D eigenvalue weighted by Crippen LogP contribution is -2.67. The van der Waals surface area contributed by atoms with Gasteiger partial charge in [-0.2, -0.15) is 0 Å². The van der Waals surface area contributed by atoms with Crippen LogP contribution in [0.25, 0.3) is 0 Å². The van der Waals surface area contributed by atoms with Gasteiger partial charge in [0.15, 0.2) is 12.6 Å². The predicted octanol–water partition coefficient (Wildman–Crippen LogP) is 1.61. The third-order valence-corrected chi connectivity index (χ3v) is 17.1. The molecule has 7 aliphatic rings. The van der Waals surface area contributed by atoms with Crippen molar-refractivity contribution in [2.24, 2.45) is 44.8 Å². The Morgan fingerprint density at radius 1 is 0.818 bits per heavy atom. The van der Waals surface area contributed by atoms with Crippen LogP contribution in [-0.4, -0.2) is 138 Å². The van der Waals surface area contributed by atoms with Crippen molar-refractivity contribution in [2.75, 3.05) is 13.2 Å². The van der Waals surface area contributed by atoms with Gasteiger partial charge < -0.3 is 64.9 Å². The van der Waals surface area contributed by atoms with Crippen LogP contribution in [0.4, 0.5) is 0 Å². The Morgan fingerprint density at radius 2 is 1.51 bits per heavy atom. The smallest absolute Gasteiger partial charge is 0.310 e. The Morgan fingerprint density at radius 3 is 2.18 bits per heavy atom. The first-order chi connectivity index (χ1) is 25.6. The number of carbonyl (C=O) groups is 1. The van der Waals surface area contributed by atoms with Crippen LogP contribution in [0.2, 0.25) is 0 Å². The third-order valence-electron chi connectivity index (χ3n) is 17.1. The fraction of sp³-hybridized carbons (Fsp3) is 0.927. The second-order valence-corrected chi connectivity index (χ2v) is 19.9. The molecule has 0 amide bonds. The first-order valence-corrected chi connectivity index (χ1v) is 20.5. The molecule has 0 spiro atoms. The van der Waals surface area contributed by atoms with Gasteiger partial charge in [0, 0.05) is 5.41 Å². The zero-order valence-corrected chi connectivity index (χ0v) is 33.2. The van der Waals surface area contributed by atoms with E-state index in [1.165, 1.54) is 12.5 Å². The highest BCUT2D eigenvalue weighted by Crippen LogP contribution is 2.75. The summed E-state index contributed by atoms with van der Waals surface area (Å²) in [5.41, 5.74) is -2.02. The highest BCUT2D eigenvalue weighted by atomic mass is 16.7. The molecule has 2 saturated heterocycles. The Bertz CT molecular complexity index is 1490. The lowest BCUT2D eigenvalue weighted by atomic mass is 9.33. The molecule has 0 aromatic rings. The Balaban J connectivity index is 1.13. The third kappa shape index (κ3) is 6.22. The van der Waals surface area contributed by atoms with Gasteiger partial charge in [0.25, 0.3) is 0 Å². The SMILES string of the molecule is C[C@@H]1O[C@@H](O[C@@H]2[C@@H](O)[C@H](OC[C@]3(C)[C@@H]4CC[C@]5(C)[C@H](CC=C6[C@@H]7C[C@](C)(O)CC[C@]7(C(=O)O)CC[C@]65C)[C@@]4(C)CC[C@@H]3O)O[C@H](CO)[C@H]2O)[C@H](O)[C@H](O)[C@H]1O. The second kappa shape index (κ2) is 14.2. The van der Waals surface area contributed by atoms with E-state index in [1.807, 2.05) is 13.8 Å². The minimum absolute atomic E-state index is 0.00434. The topological polar surface area (TPSA) is 236 Å². The molecule has 20 atom stereocenters. The number of allylic oxidation sites excluding steroid dienone is 2. The molecule has 4 saturated carbocycles. The van der Waals surface area contributed by atoms with Gasteiger partial charge in [-0.25, -0.2) is 0 Å². The fourth-order valence-electron chi connectivity index (χ4n) is 13.3. The number of rotatable bonds is 7. The summed E-state index contributed by atoms with van der Waals surface area (Å²) in [5, 5.41) is 97.3. The summed E-state index contributed by atoms with van der Waals surface area (Å²) in [4.78, 5) is 13.0. The van der Waals surface area contributed by atoms with E-state index in [1.54, 1.807) is 0 Å². The number of carboxylic acid groups (broad SMARTS) is 1. The van der Waals surface area contributed by atoms with Crippen LogP contribution >= 0.6 is 0 Å². The van der Waals surface area contributed by atoms with Gasteiger partial charge in [-0.1, -0.05) is 39.3 Å². The van der Waals surface area contributed by atoms with Crippen LogP contribution in [0.15, 0.2) is 11.6 Å². The second-order valence-electron chi connectivity index (χ2n) is 19.9. The Kier molecular flexibility index (Phi) is 10.8. The molecule has 2 heterocycles. The number of hydrogen-bond donors (Lipinski definition) is 9. The van der Waals surface area contributed by atoms with Gasteiger partial charge in [0.2, 0.25) is 0 Å². The van der Waals surface area contributed by atoms with Crippen molar-refractivity contribution < 1.29 is 69.7 Å². The summed E-state index contributed by atoms with van der Waals surface area (Å²) in [6.07, 6.45) is -6.32. The summed E-state index contributed by atoms with van der Waals surface area (Å²) in [6, 6.07) is 0. The summed E-state index contributed by atoms with van der Waals surface area (Å²) in [7, 11) is 0. The maximum atomic E-state index is 13.0. The molecule has 14 heteroatoms. The van der Waals surface area contributed by atoms with Crippen molar-refractivity contribution in [3.05, 3.63) is 11.6 Å². The minimum atomic E-state index is -1.69. The number of fused-ring (bicyclic) bond motifs is 7. The van der Waals surface area contributed by atoms with Crippen molar-refractivity contribution in [2.45, 2.75) is 179 Å². The van der Waals surface area contributed by atoms with Crippen LogP contribution in [-0.2, 0) is 23.7 Å². The van der Waals surface area contributed by atoms with Crippen LogP contribution in [0.1, 0.15) is 106 Å². The maximum absolute atomic E-state index is 13.0. The fourth-order valence-corrected chi connectivity index (χ4v) is 13.3. The lowest BCUT2D eigenvalue weighted by Gasteiger charge is -2.71. The predicted molar refractivity (Wildman–Crippen MR) is 195 cm³/mol. The molecule has 0 unspecified atom stereocenters. The Hall–Kier alpha value is -1.27. The molecular weight excluding hydrogens is 716 g/mol. The zero-order chi connectivity index (χ0) is 40.3. The van der Waals surface area contributed by atoms with E-state index in [0.717, 1.165) is 32.1 Å². The molecule has 0 aromatic carbocycles. The molecule has 0 radical (unpaired) electrons. The molecular formula is C41H66O14. The van der Waals surface area contributed by atoms with E-state index in [0.29, 0.717) is 32.1 Å². The summed E-state index contributed by atoms with van der Waals surface area (Å²) in [6.45, 7) is 11.7. The van der Waals surface area contributed by atoms with Gasteiger partial charge in [-0.05, 0) is 112 Å². The number of carboxylic acids is 1. The number of ether oxygens (including phenoxy) is 4. The average Bonchev–Trinajstić information content (AvgIpc) is 3.12. The average molecular weight is 783 g/mol. The highest BCUT2D eigenvalue weighted by molar-refractivity contribution is 5.76. The first kappa shape index (κ1) is 41.9. The van der Waals surface area contributed by atoms with Crippen molar-refractivity contribution in [1.29, 1.82) is 0 Å². The molecule has 7 rings (SSSR count). The van der Waals surface area contributed by atoms with Crippen LogP contribution in [0.5, 0.6) is 0 Å². The molecule has 2 aliphatic heterocycles. The number of hydrogen-bond acceptors (Lipinski definition) is 13. The van der Waals surface area contributed by atoms with Crippen molar-refractivity contribution in [1.82, 2.24) is 0 Å². The van der Waals surface area contributed by atoms with E-state index in [9.17, 15) is 50.8 Å². The van der Waals surface area contributed by atoms with E-state index in [-0.39, 0.29) is 40.6 Å². The molecule has 14 nitrogen and oxygen atoms in total. The van der Waals surface area contributed by atoms with E-state index >= 15 is 0 Å². The molecule has 0 aromatic heterocycles. The summed E-state index contributed by atoms with van der Waals surface area (Å²) in [5.74, 6) is -0.757. The van der Waals surface area contributed by atoms with E-state index < -0.39 is 96.5 Å². The lowest BCUT2D eigenvalue weighted by molar-refractivity contribution is -0.361. The van der Waals surface area contributed by atoms with Gasteiger partial charge in [-0.15, -0.1) is 0 Å². The molecule has 314 valence electrons. The minimum Gasteiger partial charge on any atom is -0.481 e. The van der Waals surface area contributed by atoms with Crippen LogP contribution < -0.4 is 0 Å². The molecule has 0 bridgehead atoms. The number of aliphatic hydroxyl groups is 8. The van der Waals surface area contributed by atoms with Crippen molar-refractivity contribution in [3.8, 4) is 0 Å². The number of aliphatic carboxylic acids is 1. The Labute approximate surface area is 323 Å². The summed E-state index contributed by atoms with van der Waals surface area (Å²) < 4.78 is 23.6. The summed E-state index contributed by atoms with van der Waals surface area (Å²) >= 11 is 0. The largest absolute Gasteiger partial charge is 0.481 e. The van der Waals surface area contributed by atoms with Crippen molar-refractivity contribution in [3.63, 3.8) is 0 Å².